The Bertz CT molecular complexity index is 1030. The second-order valence-corrected chi connectivity index (χ2v) is 6.89. The Balaban J connectivity index is 1.66. The first-order chi connectivity index (χ1) is 13.5. The van der Waals surface area contributed by atoms with Gasteiger partial charge < -0.3 is 10.1 Å². The van der Waals surface area contributed by atoms with Gasteiger partial charge in [0.15, 0.2) is 6.61 Å². The lowest BCUT2D eigenvalue weighted by Gasteiger charge is -2.09. The van der Waals surface area contributed by atoms with E-state index in [0.29, 0.717) is 10.4 Å². The van der Waals surface area contributed by atoms with Crippen molar-refractivity contribution in [3.8, 4) is 0 Å². The zero-order valence-corrected chi connectivity index (χ0v) is 15.7. The number of halogens is 1. The summed E-state index contributed by atoms with van der Waals surface area (Å²) in [6, 6.07) is 13.9. The molecule has 3 aromatic rings. The summed E-state index contributed by atoms with van der Waals surface area (Å²) < 4.78 is 18.6. The molecule has 28 heavy (non-hydrogen) atoms. The van der Waals surface area contributed by atoms with E-state index in [1.807, 2.05) is 0 Å². The van der Waals surface area contributed by atoms with Crippen LogP contribution in [0.1, 0.15) is 31.2 Å². The molecule has 0 bridgehead atoms. The zero-order valence-electron chi connectivity index (χ0n) is 14.9. The van der Waals surface area contributed by atoms with Gasteiger partial charge in [0.1, 0.15) is 5.82 Å². The third kappa shape index (κ3) is 4.50. The third-order valence-electron chi connectivity index (χ3n) is 3.93. The molecule has 0 aliphatic rings. The lowest BCUT2D eigenvalue weighted by molar-refractivity contribution is -0.119. The van der Waals surface area contributed by atoms with Crippen molar-refractivity contribution in [1.82, 2.24) is 0 Å². The maximum atomic E-state index is 13.5. The van der Waals surface area contributed by atoms with Crippen LogP contribution < -0.4 is 5.32 Å². The average molecular weight is 397 g/mol. The quantitative estimate of drug-likeness (QED) is 0.499. The van der Waals surface area contributed by atoms with Gasteiger partial charge in [-0.05, 0) is 42.1 Å². The second kappa shape index (κ2) is 8.58. The van der Waals surface area contributed by atoms with E-state index >= 15 is 0 Å². The van der Waals surface area contributed by atoms with Gasteiger partial charge >= 0.3 is 5.97 Å². The Labute approximate surface area is 164 Å². The molecule has 142 valence electrons. The van der Waals surface area contributed by atoms with Crippen molar-refractivity contribution >= 4 is 34.7 Å². The molecule has 0 aliphatic heterocycles. The summed E-state index contributed by atoms with van der Waals surface area (Å²) >= 11 is 1.27. The van der Waals surface area contributed by atoms with Crippen LogP contribution in [0.25, 0.3) is 0 Å². The van der Waals surface area contributed by atoms with E-state index in [2.05, 4.69) is 5.32 Å². The van der Waals surface area contributed by atoms with E-state index in [4.69, 9.17) is 4.74 Å². The van der Waals surface area contributed by atoms with E-state index in [-0.39, 0.29) is 22.6 Å². The van der Waals surface area contributed by atoms with Crippen LogP contribution in [-0.4, -0.2) is 24.3 Å². The number of ether oxygens (including phenoxy) is 1. The van der Waals surface area contributed by atoms with Crippen LogP contribution >= 0.6 is 11.3 Å². The summed E-state index contributed by atoms with van der Waals surface area (Å²) in [5.74, 6) is -2.14. The van der Waals surface area contributed by atoms with Crippen molar-refractivity contribution in [1.29, 1.82) is 0 Å². The molecule has 0 aliphatic carbocycles. The monoisotopic (exact) mass is 397 g/mol. The Morgan fingerprint density at radius 3 is 2.46 bits per heavy atom. The maximum Gasteiger partial charge on any atom is 0.339 e. The Hall–Kier alpha value is -3.32. The minimum atomic E-state index is -0.786. The van der Waals surface area contributed by atoms with E-state index in [0.717, 1.165) is 0 Å². The highest BCUT2D eigenvalue weighted by molar-refractivity contribution is 7.12. The first-order valence-electron chi connectivity index (χ1n) is 8.36. The topological polar surface area (TPSA) is 72.5 Å². The van der Waals surface area contributed by atoms with E-state index in [1.54, 1.807) is 42.6 Å². The van der Waals surface area contributed by atoms with Gasteiger partial charge in [-0.25, -0.2) is 9.18 Å². The van der Waals surface area contributed by atoms with Crippen LogP contribution in [-0.2, 0) is 9.53 Å². The molecule has 1 aromatic heterocycles. The average Bonchev–Trinajstić information content (AvgIpc) is 3.23. The molecule has 0 fully saturated rings. The number of benzene rings is 2. The maximum absolute atomic E-state index is 13.5. The van der Waals surface area contributed by atoms with Gasteiger partial charge in [0, 0.05) is 11.3 Å². The molecule has 1 amide bonds. The molecular formula is C21H16FNO4S. The standard InChI is InChI=1S/C21H16FNO4S/c1-13-8-9-14(11-17(13)22)23-19(24)12-27-21(26)16-6-3-2-5-15(16)20(25)18-7-4-10-28-18/h2-11H,12H2,1H3,(H,23,24). The van der Waals surface area contributed by atoms with E-state index in [9.17, 15) is 18.8 Å². The Morgan fingerprint density at radius 1 is 1.04 bits per heavy atom. The number of ketones is 1. The first kappa shape index (κ1) is 19.4. The third-order valence-corrected chi connectivity index (χ3v) is 4.80. The summed E-state index contributed by atoms with van der Waals surface area (Å²) in [4.78, 5) is 37.4. The number of carbonyl (C=O) groups excluding carboxylic acids is 3. The minimum Gasteiger partial charge on any atom is -0.452 e. The Kier molecular flexibility index (Phi) is 5.96. The summed E-state index contributed by atoms with van der Waals surface area (Å²) in [7, 11) is 0. The predicted molar refractivity (Wildman–Crippen MR) is 104 cm³/mol. The molecule has 0 saturated carbocycles. The number of aryl methyl sites for hydroxylation is 1. The van der Waals surface area contributed by atoms with Gasteiger partial charge in [0.05, 0.1) is 10.4 Å². The molecule has 1 heterocycles. The highest BCUT2D eigenvalue weighted by Crippen LogP contribution is 2.19. The van der Waals surface area contributed by atoms with E-state index in [1.165, 1.54) is 35.6 Å². The van der Waals surface area contributed by atoms with E-state index < -0.39 is 24.3 Å². The largest absolute Gasteiger partial charge is 0.452 e. The minimum absolute atomic E-state index is 0.0788. The molecule has 7 heteroatoms. The molecule has 0 spiro atoms. The van der Waals surface area contributed by atoms with Crippen LogP contribution in [0.2, 0.25) is 0 Å². The fourth-order valence-corrected chi connectivity index (χ4v) is 3.15. The van der Waals surface area contributed by atoms with Crippen molar-refractivity contribution in [2.45, 2.75) is 6.92 Å². The molecule has 1 N–H and O–H groups in total. The number of hydrogen-bond acceptors (Lipinski definition) is 5. The highest BCUT2D eigenvalue weighted by Gasteiger charge is 2.20. The number of carbonyl (C=O) groups is 3. The van der Waals surface area contributed by atoms with Gasteiger partial charge in [-0.3, -0.25) is 9.59 Å². The van der Waals surface area contributed by atoms with Crippen LogP contribution in [0.4, 0.5) is 10.1 Å². The highest BCUT2D eigenvalue weighted by atomic mass is 32.1. The molecule has 0 atom stereocenters. The van der Waals surface area contributed by atoms with Crippen molar-refractivity contribution in [3.63, 3.8) is 0 Å². The second-order valence-electron chi connectivity index (χ2n) is 5.94. The van der Waals surface area contributed by atoms with Crippen molar-refractivity contribution in [2.24, 2.45) is 0 Å². The van der Waals surface area contributed by atoms with Crippen molar-refractivity contribution in [2.75, 3.05) is 11.9 Å². The van der Waals surface area contributed by atoms with Crippen molar-refractivity contribution < 1.29 is 23.5 Å². The fraction of sp³-hybridized carbons (Fsp3) is 0.0952. The predicted octanol–water partition coefficient (Wildman–Crippen LogP) is 4.22. The fourth-order valence-electron chi connectivity index (χ4n) is 2.48. The molecule has 0 radical (unpaired) electrons. The zero-order chi connectivity index (χ0) is 20.1. The summed E-state index contributed by atoms with van der Waals surface area (Å²) in [6.07, 6.45) is 0. The number of thiophene rings is 1. The van der Waals surface area contributed by atoms with Crippen molar-refractivity contribution in [3.05, 3.63) is 87.4 Å². The molecule has 3 rings (SSSR count). The number of esters is 1. The smallest absolute Gasteiger partial charge is 0.339 e. The molecular weight excluding hydrogens is 381 g/mol. The van der Waals surface area contributed by atoms with Gasteiger partial charge in [-0.15, -0.1) is 11.3 Å². The number of nitrogens with one attached hydrogen (secondary N) is 1. The van der Waals surface area contributed by atoms with Gasteiger partial charge in [0.2, 0.25) is 5.78 Å². The van der Waals surface area contributed by atoms with Crippen LogP contribution in [0.3, 0.4) is 0 Å². The van der Waals surface area contributed by atoms with Gasteiger partial charge in [-0.2, -0.15) is 0 Å². The SMILES string of the molecule is Cc1ccc(NC(=O)COC(=O)c2ccccc2C(=O)c2cccs2)cc1F. The molecule has 0 saturated heterocycles. The number of hydrogen-bond donors (Lipinski definition) is 1. The van der Waals surface area contributed by atoms with Gasteiger partial charge in [-0.1, -0.05) is 30.3 Å². The lowest BCUT2D eigenvalue weighted by Crippen LogP contribution is -2.22. The summed E-state index contributed by atoms with van der Waals surface area (Å²) in [6.45, 7) is 1.05. The molecule has 0 unspecified atom stereocenters. The summed E-state index contributed by atoms with van der Waals surface area (Å²) in [5, 5.41) is 4.23. The Morgan fingerprint density at radius 2 is 1.79 bits per heavy atom. The van der Waals surface area contributed by atoms with Crippen LogP contribution in [0, 0.1) is 12.7 Å². The lowest BCUT2D eigenvalue weighted by atomic mass is 10.0. The summed E-state index contributed by atoms with van der Waals surface area (Å²) in [5.41, 5.74) is 1.000. The number of rotatable bonds is 6. The first-order valence-corrected chi connectivity index (χ1v) is 9.24. The molecule has 5 nitrogen and oxygen atoms in total. The van der Waals surface area contributed by atoms with Crippen LogP contribution in [0.5, 0.6) is 0 Å². The van der Waals surface area contributed by atoms with Gasteiger partial charge in [0.25, 0.3) is 5.91 Å². The normalized spacial score (nSPS) is 10.4. The van der Waals surface area contributed by atoms with Crippen LogP contribution in [0.15, 0.2) is 60.0 Å². The molecule has 2 aromatic carbocycles. The number of anilines is 1. The number of amides is 1.